The van der Waals surface area contributed by atoms with Gasteiger partial charge >= 0.3 is 0 Å². The van der Waals surface area contributed by atoms with Crippen LogP contribution in [0.4, 0.5) is 0 Å². The largest absolute Gasteiger partial charge is 0.496 e. The van der Waals surface area contributed by atoms with Gasteiger partial charge in [-0.25, -0.2) is 0 Å². The highest BCUT2D eigenvalue weighted by Gasteiger charge is 2.15. The average molecular weight is 367 g/mol. The summed E-state index contributed by atoms with van der Waals surface area (Å²) >= 11 is 6.15. The first kappa shape index (κ1) is 18.4. The molecule has 26 heavy (non-hydrogen) atoms. The Morgan fingerprint density at radius 3 is 2.42 bits per heavy atom. The van der Waals surface area contributed by atoms with Gasteiger partial charge in [0, 0.05) is 16.8 Å². The van der Waals surface area contributed by atoms with E-state index in [1.54, 1.807) is 7.11 Å². The van der Waals surface area contributed by atoms with Crippen molar-refractivity contribution in [2.45, 2.75) is 25.8 Å². The molecule has 0 aliphatic heterocycles. The Hall–Kier alpha value is -2.36. The molecule has 3 aromatic rings. The van der Waals surface area contributed by atoms with Crippen LogP contribution in [-0.2, 0) is 12.0 Å². The zero-order chi connectivity index (χ0) is 18.7. The molecular formula is C22H23ClN2O. The predicted molar refractivity (Wildman–Crippen MR) is 108 cm³/mol. The molecule has 0 spiro atoms. The van der Waals surface area contributed by atoms with Crippen molar-refractivity contribution in [1.29, 1.82) is 0 Å². The van der Waals surface area contributed by atoms with E-state index in [1.807, 2.05) is 56.4 Å². The van der Waals surface area contributed by atoms with E-state index >= 15 is 0 Å². The highest BCUT2D eigenvalue weighted by Crippen LogP contribution is 2.33. The van der Waals surface area contributed by atoms with E-state index in [1.165, 1.54) is 5.56 Å². The SMILES string of the molecule is COc1ccc(Cc2ccc(C(C)(C)N)nc2)cc1-c1cccc(Cl)c1. The van der Waals surface area contributed by atoms with Gasteiger partial charge in [-0.15, -0.1) is 0 Å². The van der Waals surface area contributed by atoms with Gasteiger partial charge in [0.2, 0.25) is 0 Å². The molecule has 3 nitrogen and oxygen atoms in total. The van der Waals surface area contributed by atoms with Gasteiger partial charge in [0.25, 0.3) is 0 Å². The van der Waals surface area contributed by atoms with E-state index in [4.69, 9.17) is 22.1 Å². The summed E-state index contributed by atoms with van der Waals surface area (Å²) in [4.78, 5) is 4.50. The molecule has 0 radical (unpaired) electrons. The van der Waals surface area contributed by atoms with E-state index in [0.29, 0.717) is 5.02 Å². The van der Waals surface area contributed by atoms with Crippen molar-refractivity contribution in [2.75, 3.05) is 7.11 Å². The van der Waals surface area contributed by atoms with Gasteiger partial charge in [-0.1, -0.05) is 35.9 Å². The summed E-state index contributed by atoms with van der Waals surface area (Å²) < 4.78 is 5.53. The summed E-state index contributed by atoms with van der Waals surface area (Å²) in [5, 5.41) is 0.708. The molecule has 1 heterocycles. The molecule has 0 bridgehead atoms. The highest BCUT2D eigenvalue weighted by molar-refractivity contribution is 6.30. The van der Waals surface area contributed by atoms with Gasteiger partial charge in [-0.2, -0.15) is 0 Å². The summed E-state index contributed by atoms with van der Waals surface area (Å²) in [6, 6.07) is 18.1. The fourth-order valence-electron chi connectivity index (χ4n) is 2.89. The molecule has 0 saturated carbocycles. The van der Waals surface area contributed by atoms with Crippen molar-refractivity contribution in [1.82, 2.24) is 4.98 Å². The number of rotatable bonds is 5. The molecule has 0 aliphatic carbocycles. The minimum absolute atomic E-state index is 0.432. The number of hydrogen-bond acceptors (Lipinski definition) is 3. The molecule has 4 heteroatoms. The van der Waals surface area contributed by atoms with Gasteiger partial charge in [0.15, 0.2) is 0 Å². The van der Waals surface area contributed by atoms with E-state index < -0.39 is 5.54 Å². The minimum atomic E-state index is -0.432. The smallest absolute Gasteiger partial charge is 0.126 e. The first-order valence-corrected chi connectivity index (χ1v) is 8.92. The number of methoxy groups -OCH3 is 1. The first-order valence-electron chi connectivity index (χ1n) is 8.54. The number of hydrogen-bond donors (Lipinski definition) is 1. The van der Waals surface area contributed by atoms with Crippen LogP contribution in [0.5, 0.6) is 5.75 Å². The summed E-state index contributed by atoms with van der Waals surface area (Å²) in [6.45, 7) is 3.91. The van der Waals surface area contributed by atoms with Crippen molar-refractivity contribution in [2.24, 2.45) is 5.73 Å². The van der Waals surface area contributed by atoms with Gasteiger partial charge in [0.05, 0.1) is 18.3 Å². The molecule has 0 atom stereocenters. The fraction of sp³-hybridized carbons (Fsp3) is 0.227. The Morgan fingerprint density at radius 2 is 1.81 bits per heavy atom. The van der Waals surface area contributed by atoms with Crippen LogP contribution in [0.15, 0.2) is 60.8 Å². The van der Waals surface area contributed by atoms with E-state index in [2.05, 4.69) is 23.2 Å². The second-order valence-electron chi connectivity index (χ2n) is 7.00. The second kappa shape index (κ2) is 7.48. The van der Waals surface area contributed by atoms with Crippen molar-refractivity contribution >= 4 is 11.6 Å². The van der Waals surface area contributed by atoms with E-state index in [-0.39, 0.29) is 0 Å². The van der Waals surface area contributed by atoms with Crippen LogP contribution in [-0.4, -0.2) is 12.1 Å². The maximum absolute atomic E-state index is 6.15. The molecule has 2 aromatic carbocycles. The average Bonchev–Trinajstić information content (AvgIpc) is 2.61. The summed E-state index contributed by atoms with van der Waals surface area (Å²) in [5.74, 6) is 0.828. The topological polar surface area (TPSA) is 48.1 Å². The van der Waals surface area contributed by atoms with Crippen molar-refractivity contribution in [3.05, 3.63) is 82.6 Å². The number of nitrogens with zero attached hydrogens (tertiary/aromatic N) is 1. The Morgan fingerprint density at radius 1 is 1.04 bits per heavy atom. The number of ether oxygens (including phenoxy) is 1. The lowest BCUT2D eigenvalue weighted by Crippen LogP contribution is -2.29. The molecule has 0 amide bonds. The molecule has 1 aromatic heterocycles. The van der Waals surface area contributed by atoms with Crippen LogP contribution in [0.25, 0.3) is 11.1 Å². The van der Waals surface area contributed by atoms with Crippen LogP contribution in [0.2, 0.25) is 5.02 Å². The third kappa shape index (κ3) is 4.24. The third-order valence-corrected chi connectivity index (χ3v) is 4.53. The summed E-state index contributed by atoms with van der Waals surface area (Å²) in [5.41, 5.74) is 10.9. The normalized spacial score (nSPS) is 11.4. The van der Waals surface area contributed by atoms with Crippen molar-refractivity contribution in [3.63, 3.8) is 0 Å². The number of benzene rings is 2. The number of pyridine rings is 1. The van der Waals surface area contributed by atoms with Crippen LogP contribution in [0.1, 0.15) is 30.7 Å². The Bertz CT molecular complexity index is 899. The highest BCUT2D eigenvalue weighted by atomic mass is 35.5. The van der Waals surface area contributed by atoms with Gasteiger partial charge in [-0.05, 0) is 67.3 Å². The molecule has 3 rings (SSSR count). The predicted octanol–water partition coefficient (Wildman–Crippen LogP) is 5.20. The number of nitrogens with two attached hydrogens (primary N) is 1. The van der Waals surface area contributed by atoms with Gasteiger partial charge in [0.1, 0.15) is 5.75 Å². The molecule has 0 unspecified atom stereocenters. The van der Waals surface area contributed by atoms with Crippen LogP contribution < -0.4 is 10.5 Å². The Balaban J connectivity index is 1.91. The van der Waals surface area contributed by atoms with Crippen LogP contribution in [0, 0.1) is 0 Å². The van der Waals surface area contributed by atoms with E-state index in [9.17, 15) is 0 Å². The van der Waals surface area contributed by atoms with Gasteiger partial charge < -0.3 is 10.5 Å². The number of halogens is 1. The first-order chi connectivity index (χ1) is 12.4. The molecule has 0 saturated heterocycles. The molecule has 0 aliphatic rings. The second-order valence-corrected chi connectivity index (χ2v) is 7.43. The molecule has 0 fully saturated rings. The Kier molecular flexibility index (Phi) is 5.30. The van der Waals surface area contributed by atoms with Gasteiger partial charge in [-0.3, -0.25) is 4.98 Å². The minimum Gasteiger partial charge on any atom is -0.496 e. The summed E-state index contributed by atoms with van der Waals surface area (Å²) in [7, 11) is 1.68. The Labute approximate surface area is 159 Å². The summed E-state index contributed by atoms with van der Waals surface area (Å²) in [6.07, 6.45) is 2.68. The lowest BCUT2D eigenvalue weighted by molar-refractivity contribution is 0.416. The van der Waals surface area contributed by atoms with Crippen molar-refractivity contribution in [3.8, 4) is 16.9 Å². The number of aromatic nitrogens is 1. The lowest BCUT2D eigenvalue weighted by atomic mass is 9.97. The molecular weight excluding hydrogens is 344 g/mol. The van der Waals surface area contributed by atoms with Crippen LogP contribution in [0.3, 0.4) is 0 Å². The molecule has 134 valence electrons. The molecule has 2 N–H and O–H groups in total. The third-order valence-electron chi connectivity index (χ3n) is 4.29. The zero-order valence-corrected chi connectivity index (χ0v) is 16.0. The monoisotopic (exact) mass is 366 g/mol. The maximum Gasteiger partial charge on any atom is 0.126 e. The van der Waals surface area contributed by atoms with E-state index in [0.717, 1.165) is 34.6 Å². The standard InChI is InChI=1S/C22H23ClN2O/c1-22(2,24)21-10-8-16(14-25-21)11-15-7-9-20(26-3)19(12-15)17-5-4-6-18(23)13-17/h4-10,12-14H,11,24H2,1-3H3. The maximum atomic E-state index is 6.15. The fourth-order valence-corrected chi connectivity index (χ4v) is 3.08. The van der Waals surface area contributed by atoms with Crippen LogP contribution >= 0.6 is 11.6 Å². The lowest BCUT2D eigenvalue weighted by Gasteiger charge is -2.18. The van der Waals surface area contributed by atoms with Crippen molar-refractivity contribution < 1.29 is 4.74 Å². The quantitative estimate of drug-likeness (QED) is 0.675. The zero-order valence-electron chi connectivity index (χ0n) is 15.3.